The maximum atomic E-state index is 12.7. The van der Waals surface area contributed by atoms with Crippen molar-refractivity contribution in [2.75, 3.05) is 12.8 Å². The molecule has 0 saturated heterocycles. The van der Waals surface area contributed by atoms with Crippen LogP contribution in [-0.4, -0.2) is 15.5 Å². The van der Waals surface area contributed by atoms with E-state index < -0.39 is 10.0 Å². The van der Waals surface area contributed by atoms with Crippen LogP contribution in [-0.2, 0) is 16.6 Å². The van der Waals surface area contributed by atoms with Crippen molar-refractivity contribution in [3.8, 4) is 5.75 Å². The van der Waals surface area contributed by atoms with E-state index in [0.29, 0.717) is 11.1 Å². The lowest BCUT2D eigenvalue weighted by molar-refractivity contribution is 0.414. The van der Waals surface area contributed by atoms with Crippen LogP contribution in [0, 0.1) is 0 Å². The lowest BCUT2D eigenvalue weighted by atomic mass is 10.1. The molecule has 0 fully saturated rings. The summed E-state index contributed by atoms with van der Waals surface area (Å²) in [5.41, 5.74) is 7.34. The highest BCUT2D eigenvalue weighted by Crippen LogP contribution is 2.27. The average molecular weight is 342 g/mol. The summed E-state index contributed by atoms with van der Waals surface area (Å²) in [6.45, 7) is 0.199. The minimum absolute atomic E-state index is 0.199. The van der Waals surface area contributed by atoms with Gasteiger partial charge in [0.05, 0.1) is 12.0 Å². The molecule has 24 heavy (non-hydrogen) atoms. The number of fused-ring (bicyclic) bond motifs is 1. The number of nitrogen functional groups attached to an aromatic ring is 1. The van der Waals surface area contributed by atoms with Gasteiger partial charge in [-0.1, -0.05) is 36.4 Å². The Bertz CT molecular complexity index is 967. The van der Waals surface area contributed by atoms with E-state index in [4.69, 9.17) is 10.5 Å². The smallest absolute Gasteiger partial charge is 0.241 e. The normalized spacial score (nSPS) is 11.5. The predicted octanol–water partition coefficient (Wildman–Crippen LogP) is 2.91. The SMILES string of the molecule is COc1ccc(CNS(=O)(=O)c2cccc3c(N)cccc23)cc1. The molecule has 0 heterocycles. The highest BCUT2D eigenvalue weighted by Gasteiger charge is 2.17. The van der Waals surface area contributed by atoms with Gasteiger partial charge in [0.2, 0.25) is 10.0 Å². The topological polar surface area (TPSA) is 81.4 Å². The molecule has 0 atom stereocenters. The van der Waals surface area contributed by atoms with Crippen molar-refractivity contribution in [1.82, 2.24) is 4.72 Å². The summed E-state index contributed by atoms with van der Waals surface area (Å²) >= 11 is 0. The number of benzene rings is 3. The van der Waals surface area contributed by atoms with Crippen LogP contribution >= 0.6 is 0 Å². The van der Waals surface area contributed by atoms with Gasteiger partial charge >= 0.3 is 0 Å². The molecule has 0 spiro atoms. The summed E-state index contributed by atoms with van der Waals surface area (Å²) in [5.74, 6) is 0.728. The standard InChI is InChI=1S/C18H18N2O3S/c1-23-14-10-8-13(9-11-14)12-20-24(21,22)18-7-3-4-15-16(18)5-2-6-17(15)19/h2-11,20H,12,19H2,1H3. The predicted molar refractivity (Wildman–Crippen MR) is 95.4 cm³/mol. The second-order valence-electron chi connectivity index (χ2n) is 5.37. The molecule has 0 saturated carbocycles. The number of methoxy groups -OCH3 is 1. The summed E-state index contributed by atoms with van der Waals surface area (Å²) < 4.78 is 33.1. The Morgan fingerprint density at radius 1 is 0.958 bits per heavy atom. The second-order valence-corrected chi connectivity index (χ2v) is 7.11. The van der Waals surface area contributed by atoms with Crippen molar-refractivity contribution in [1.29, 1.82) is 0 Å². The van der Waals surface area contributed by atoms with Crippen LogP contribution in [0.15, 0.2) is 65.6 Å². The van der Waals surface area contributed by atoms with Gasteiger partial charge in [0, 0.05) is 23.0 Å². The Morgan fingerprint density at radius 3 is 2.33 bits per heavy atom. The van der Waals surface area contributed by atoms with Crippen LogP contribution in [0.4, 0.5) is 5.69 Å². The number of rotatable bonds is 5. The first kappa shape index (κ1) is 16.3. The van der Waals surface area contributed by atoms with Crippen LogP contribution < -0.4 is 15.2 Å². The van der Waals surface area contributed by atoms with Gasteiger partial charge in [-0.2, -0.15) is 0 Å². The first-order valence-corrected chi connectivity index (χ1v) is 8.89. The molecule has 6 heteroatoms. The molecule has 0 aliphatic carbocycles. The van der Waals surface area contributed by atoms with Gasteiger partial charge in [0.15, 0.2) is 0 Å². The first-order valence-electron chi connectivity index (χ1n) is 7.41. The molecule has 0 aliphatic rings. The first-order chi connectivity index (χ1) is 11.5. The highest BCUT2D eigenvalue weighted by molar-refractivity contribution is 7.89. The zero-order chi connectivity index (χ0) is 17.2. The average Bonchev–Trinajstić information content (AvgIpc) is 2.60. The second kappa shape index (κ2) is 6.51. The third-order valence-electron chi connectivity index (χ3n) is 3.83. The fourth-order valence-electron chi connectivity index (χ4n) is 2.54. The third kappa shape index (κ3) is 3.20. The lowest BCUT2D eigenvalue weighted by Crippen LogP contribution is -2.23. The number of hydrogen-bond acceptors (Lipinski definition) is 4. The van der Waals surface area contributed by atoms with E-state index in [-0.39, 0.29) is 11.4 Å². The molecule has 3 aromatic carbocycles. The summed E-state index contributed by atoms with van der Waals surface area (Å²) in [5, 5.41) is 1.34. The Balaban J connectivity index is 1.89. The van der Waals surface area contributed by atoms with Gasteiger partial charge in [-0.25, -0.2) is 13.1 Å². The lowest BCUT2D eigenvalue weighted by Gasteiger charge is -2.11. The molecule has 0 amide bonds. The van der Waals surface area contributed by atoms with E-state index in [2.05, 4.69) is 4.72 Å². The highest BCUT2D eigenvalue weighted by atomic mass is 32.2. The zero-order valence-corrected chi connectivity index (χ0v) is 14.0. The number of ether oxygens (including phenoxy) is 1. The molecule has 0 aliphatic heterocycles. The Labute approximate surface area is 141 Å². The fourth-order valence-corrected chi connectivity index (χ4v) is 3.78. The van der Waals surface area contributed by atoms with E-state index in [1.54, 1.807) is 49.6 Å². The minimum atomic E-state index is -3.65. The van der Waals surface area contributed by atoms with E-state index >= 15 is 0 Å². The quantitative estimate of drug-likeness (QED) is 0.699. The molecule has 0 radical (unpaired) electrons. The van der Waals surface area contributed by atoms with Gasteiger partial charge < -0.3 is 10.5 Å². The third-order valence-corrected chi connectivity index (χ3v) is 5.29. The summed E-state index contributed by atoms with van der Waals surface area (Å²) in [4.78, 5) is 0.223. The van der Waals surface area contributed by atoms with E-state index in [9.17, 15) is 8.42 Å². The Morgan fingerprint density at radius 2 is 1.62 bits per heavy atom. The van der Waals surface area contributed by atoms with Crippen molar-refractivity contribution in [3.05, 3.63) is 66.2 Å². The van der Waals surface area contributed by atoms with E-state index in [1.165, 1.54) is 0 Å². The van der Waals surface area contributed by atoms with E-state index in [1.807, 2.05) is 18.2 Å². The zero-order valence-electron chi connectivity index (χ0n) is 13.2. The maximum absolute atomic E-state index is 12.7. The molecule has 3 rings (SSSR count). The number of anilines is 1. The number of nitrogens with two attached hydrogens (primary N) is 1. The molecular weight excluding hydrogens is 324 g/mol. The molecule has 0 unspecified atom stereocenters. The monoisotopic (exact) mass is 342 g/mol. The van der Waals surface area contributed by atoms with Crippen LogP contribution in [0.25, 0.3) is 10.8 Å². The Hall–Kier alpha value is -2.57. The summed E-state index contributed by atoms with van der Waals surface area (Å²) in [6, 6.07) is 17.6. The molecule has 3 aromatic rings. The van der Waals surface area contributed by atoms with Gasteiger partial charge in [-0.05, 0) is 29.8 Å². The number of nitrogens with one attached hydrogen (secondary N) is 1. The van der Waals surface area contributed by atoms with Crippen molar-refractivity contribution < 1.29 is 13.2 Å². The minimum Gasteiger partial charge on any atom is -0.497 e. The van der Waals surface area contributed by atoms with Crippen LogP contribution in [0.5, 0.6) is 5.75 Å². The van der Waals surface area contributed by atoms with Crippen molar-refractivity contribution >= 4 is 26.5 Å². The maximum Gasteiger partial charge on any atom is 0.241 e. The van der Waals surface area contributed by atoms with Crippen molar-refractivity contribution in [2.24, 2.45) is 0 Å². The van der Waals surface area contributed by atoms with Crippen LogP contribution in [0.2, 0.25) is 0 Å². The van der Waals surface area contributed by atoms with Gasteiger partial charge in [0.25, 0.3) is 0 Å². The summed E-state index contributed by atoms with van der Waals surface area (Å²) in [6.07, 6.45) is 0. The van der Waals surface area contributed by atoms with Crippen molar-refractivity contribution in [3.63, 3.8) is 0 Å². The van der Waals surface area contributed by atoms with Crippen molar-refractivity contribution in [2.45, 2.75) is 11.4 Å². The molecular formula is C18H18N2O3S. The largest absolute Gasteiger partial charge is 0.497 e. The van der Waals surface area contributed by atoms with Gasteiger partial charge in [-0.3, -0.25) is 0 Å². The molecule has 5 nitrogen and oxygen atoms in total. The molecule has 0 bridgehead atoms. The van der Waals surface area contributed by atoms with Crippen LogP contribution in [0.3, 0.4) is 0 Å². The van der Waals surface area contributed by atoms with Crippen LogP contribution in [0.1, 0.15) is 5.56 Å². The van der Waals surface area contributed by atoms with Gasteiger partial charge in [0.1, 0.15) is 5.75 Å². The number of hydrogen-bond donors (Lipinski definition) is 2. The van der Waals surface area contributed by atoms with E-state index in [0.717, 1.165) is 16.7 Å². The Kier molecular flexibility index (Phi) is 4.42. The fraction of sp³-hybridized carbons (Fsp3) is 0.111. The van der Waals surface area contributed by atoms with Gasteiger partial charge in [-0.15, -0.1) is 0 Å². The number of sulfonamides is 1. The molecule has 0 aromatic heterocycles. The molecule has 124 valence electrons. The summed E-state index contributed by atoms with van der Waals surface area (Å²) in [7, 11) is -2.07. The molecule has 3 N–H and O–H groups in total.